The zero-order valence-electron chi connectivity index (χ0n) is 13.3. The molecule has 6 nitrogen and oxygen atoms in total. The SMILES string of the molecule is COC(=O)c1ccc(S(=O)(=O)Nc2ccc3nc(SC)sc3c2)cc1. The molecule has 1 N–H and O–H groups in total. The Labute approximate surface area is 153 Å². The molecule has 0 aliphatic carbocycles. The first-order chi connectivity index (χ1) is 11.9. The lowest BCUT2D eigenvalue weighted by molar-refractivity contribution is 0.0600. The number of carbonyl (C=O) groups is 1. The van der Waals surface area contributed by atoms with Crippen LogP contribution in [0.25, 0.3) is 10.2 Å². The average molecular weight is 394 g/mol. The lowest BCUT2D eigenvalue weighted by atomic mass is 10.2. The van der Waals surface area contributed by atoms with Gasteiger partial charge in [-0.1, -0.05) is 11.8 Å². The number of anilines is 1. The van der Waals surface area contributed by atoms with Gasteiger partial charge in [-0.3, -0.25) is 4.72 Å². The summed E-state index contributed by atoms with van der Waals surface area (Å²) in [5, 5.41) is 0. The lowest BCUT2D eigenvalue weighted by Gasteiger charge is -2.08. The van der Waals surface area contributed by atoms with E-state index in [1.54, 1.807) is 30.0 Å². The number of nitrogens with one attached hydrogen (secondary N) is 1. The maximum atomic E-state index is 12.5. The predicted octanol–water partition coefficient (Wildman–Crippen LogP) is 3.61. The number of fused-ring (bicyclic) bond motifs is 1. The summed E-state index contributed by atoms with van der Waals surface area (Å²) < 4.78 is 34.0. The quantitative estimate of drug-likeness (QED) is 0.526. The van der Waals surface area contributed by atoms with Crippen molar-refractivity contribution in [2.24, 2.45) is 0 Å². The number of sulfonamides is 1. The van der Waals surface area contributed by atoms with E-state index in [1.165, 1.54) is 42.7 Å². The zero-order valence-corrected chi connectivity index (χ0v) is 15.8. The number of aromatic nitrogens is 1. The van der Waals surface area contributed by atoms with Crippen molar-refractivity contribution in [3.8, 4) is 0 Å². The van der Waals surface area contributed by atoms with Gasteiger partial charge in [0, 0.05) is 0 Å². The number of hydrogen-bond acceptors (Lipinski definition) is 7. The molecule has 0 unspecified atom stereocenters. The van der Waals surface area contributed by atoms with E-state index in [9.17, 15) is 13.2 Å². The van der Waals surface area contributed by atoms with Gasteiger partial charge in [0.15, 0.2) is 4.34 Å². The minimum atomic E-state index is -3.75. The monoisotopic (exact) mass is 394 g/mol. The molecule has 0 aliphatic heterocycles. The molecule has 1 heterocycles. The molecule has 3 aromatic rings. The number of hydrogen-bond donors (Lipinski definition) is 1. The summed E-state index contributed by atoms with van der Waals surface area (Å²) in [7, 11) is -2.48. The minimum Gasteiger partial charge on any atom is -0.465 e. The van der Waals surface area contributed by atoms with Crippen LogP contribution in [0.2, 0.25) is 0 Å². The van der Waals surface area contributed by atoms with E-state index in [-0.39, 0.29) is 10.5 Å². The van der Waals surface area contributed by atoms with Gasteiger partial charge >= 0.3 is 5.97 Å². The third-order valence-electron chi connectivity index (χ3n) is 3.38. The highest BCUT2D eigenvalue weighted by Gasteiger charge is 2.16. The van der Waals surface area contributed by atoms with Gasteiger partial charge in [0.25, 0.3) is 10.0 Å². The van der Waals surface area contributed by atoms with Gasteiger partial charge in [-0.2, -0.15) is 0 Å². The van der Waals surface area contributed by atoms with Crippen molar-refractivity contribution in [1.29, 1.82) is 0 Å². The summed E-state index contributed by atoms with van der Waals surface area (Å²) in [6.07, 6.45) is 1.94. The first-order valence-electron chi connectivity index (χ1n) is 7.09. The van der Waals surface area contributed by atoms with E-state index in [4.69, 9.17) is 0 Å². The van der Waals surface area contributed by atoms with Gasteiger partial charge in [0.1, 0.15) is 0 Å². The second-order valence-corrected chi connectivity index (χ2v) is 8.75. The predicted molar refractivity (Wildman–Crippen MR) is 100.0 cm³/mol. The van der Waals surface area contributed by atoms with Crippen molar-refractivity contribution < 1.29 is 17.9 Å². The number of carbonyl (C=O) groups excluding carboxylic acids is 1. The van der Waals surface area contributed by atoms with Gasteiger partial charge in [-0.05, 0) is 48.7 Å². The van der Waals surface area contributed by atoms with Crippen molar-refractivity contribution in [2.75, 3.05) is 18.1 Å². The molecule has 0 saturated heterocycles. The normalized spacial score (nSPS) is 11.4. The zero-order chi connectivity index (χ0) is 18.0. The number of benzene rings is 2. The number of thiazole rings is 1. The molecular weight excluding hydrogens is 380 g/mol. The van der Waals surface area contributed by atoms with Gasteiger partial charge in [0.05, 0.1) is 33.5 Å². The van der Waals surface area contributed by atoms with E-state index < -0.39 is 16.0 Å². The maximum Gasteiger partial charge on any atom is 0.337 e. The number of ether oxygens (including phenoxy) is 1. The average Bonchev–Trinajstić information content (AvgIpc) is 3.03. The Morgan fingerprint density at radius 2 is 1.92 bits per heavy atom. The Kier molecular flexibility index (Phi) is 4.98. The van der Waals surface area contributed by atoms with E-state index in [0.717, 1.165) is 14.6 Å². The Hall–Kier alpha value is -2.10. The molecule has 0 aliphatic rings. The molecule has 1 aromatic heterocycles. The van der Waals surface area contributed by atoms with Crippen LogP contribution in [0.15, 0.2) is 51.7 Å². The number of esters is 1. The Morgan fingerprint density at radius 1 is 1.20 bits per heavy atom. The first-order valence-corrected chi connectivity index (χ1v) is 10.6. The highest BCUT2D eigenvalue weighted by molar-refractivity contribution is 8.00. The molecule has 0 saturated carbocycles. The molecule has 2 aromatic carbocycles. The number of rotatable bonds is 5. The smallest absolute Gasteiger partial charge is 0.337 e. The Morgan fingerprint density at radius 3 is 2.56 bits per heavy atom. The van der Waals surface area contributed by atoms with Gasteiger partial charge in [-0.25, -0.2) is 18.2 Å². The van der Waals surface area contributed by atoms with Crippen molar-refractivity contribution in [2.45, 2.75) is 9.24 Å². The Bertz CT molecular complexity index is 1030. The van der Waals surface area contributed by atoms with Crippen LogP contribution in [0.5, 0.6) is 0 Å². The molecule has 130 valence electrons. The van der Waals surface area contributed by atoms with Gasteiger partial charge in [-0.15, -0.1) is 11.3 Å². The highest BCUT2D eigenvalue weighted by atomic mass is 32.2. The van der Waals surface area contributed by atoms with E-state index in [2.05, 4.69) is 14.4 Å². The fourth-order valence-electron chi connectivity index (χ4n) is 2.16. The fraction of sp³-hybridized carbons (Fsp3) is 0.125. The maximum absolute atomic E-state index is 12.5. The fourth-order valence-corrected chi connectivity index (χ4v) is 4.73. The van der Waals surface area contributed by atoms with Crippen LogP contribution >= 0.6 is 23.1 Å². The second-order valence-electron chi connectivity index (χ2n) is 4.99. The van der Waals surface area contributed by atoms with E-state index in [0.29, 0.717) is 5.69 Å². The number of thioether (sulfide) groups is 1. The molecule has 25 heavy (non-hydrogen) atoms. The summed E-state index contributed by atoms with van der Waals surface area (Å²) in [5.74, 6) is -0.517. The summed E-state index contributed by atoms with van der Waals surface area (Å²) in [4.78, 5) is 15.9. The van der Waals surface area contributed by atoms with Crippen molar-refractivity contribution >= 4 is 55.0 Å². The second kappa shape index (κ2) is 7.03. The summed E-state index contributed by atoms with van der Waals surface area (Å²) in [6.45, 7) is 0. The summed E-state index contributed by atoms with van der Waals surface area (Å²) in [5.41, 5.74) is 1.58. The van der Waals surface area contributed by atoms with Crippen LogP contribution in [0, 0.1) is 0 Å². The number of nitrogens with zero attached hydrogens (tertiary/aromatic N) is 1. The molecule has 0 atom stereocenters. The molecule has 0 spiro atoms. The van der Waals surface area contributed by atoms with Gasteiger partial charge in [0.2, 0.25) is 0 Å². The van der Waals surface area contributed by atoms with Crippen LogP contribution in [0.4, 0.5) is 5.69 Å². The standard InChI is InChI=1S/C16H14N2O4S3/c1-22-15(19)10-3-6-12(7-4-10)25(20,21)18-11-5-8-13-14(9-11)24-16(17-13)23-2/h3-9,18H,1-2H3. The van der Waals surface area contributed by atoms with E-state index >= 15 is 0 Å². The van der Waals surface area contributed by atoms with Crippen molar-refractivity contribution in [1.82, 2.24) is 4.98 Å². The molecule has 3 rings (SSSR count). The topological polar surface area (TPSA) is 85.4 Å². The van der Waals surface area contributed by atoms with Gasteiger partial charge < -0.3 is 4.74 Å². The van der Waals surface area contributed by atoms with Crippen LogP contribution in [-0.4, -0.2) is 32.7 Å². The van der Waals surface area contributed by atoms with E-state index in [1.807, 2.05) is 6.26 Å². The first kappa shape index (κ1) is 17.7. The minimum absolute atomic E-state index is 0.0642. The number of methoxy groups -OCH3 is 1. The largest absolute Gasteiger partial charge is 0.465 e. The van der Waals surface area contributed by atoms with Crippen LogP contribution in [0.3, 0.4) is 0 Å². The molecule has 0 bridgehead atoms. The molecular formula is C16H14N2O4S3. The van der Waals surface area contributed by atoms with Crippen molar-refractivity contribution in [3.63, 3.8) is 0 Å². The highest BCUT2D eigenvalue weighted by Crippen LogP contribution is 2.30. The van der Waals surface area contributed by atoms with Crippen LogP contribution in [0.1, 0.15) is 10.4 Å². The molecule has 0 amide bonds. The molecule has 0 radical (unpaired) electrons. The Balaban J connectivity index is 1.86. The van der Waals surface area contributed by atoms with Crippen LogP contribution < -0.4 is 4.72 Å². The molecule has 0 fully saturated rings. The lowest BCUT2D eigenvalue weighted by Crippen LogP contribution is -2.13. The third kappa shape index (κ3) is 3.78. The summed E-state index contributed by atoms with van der Waals surface area (Å²) in [6, 6.07) is 10.8. The van der Waals surface area contributed by atoms with Crippen molar-refractivity contribution in [3.05, 3.63) is 48.0 Å². The third-order valence-corrected chi connectivity index (χ3v) is 6.78. The molecule has 9 heteroatoms. The van der Waals surface area contributed by atoms with Crippen LogP contribution in [-0.2, 0) is 14.8 Å². The summed E-state index contributed by atoms with van der Waals surface area (Å²) >= 11 is 3.05.